The number of nitrogens with two attached hydrogens (primary N) is 1. The molecule has 0 bridgehead atoms. The first-order valence-corrected chi connectivity index (χ1v) is 11.4. The van der Waals surface area contributed by atoms with Gasteiger partial charge in [-0.05, 0) is 83.5 Å². The van der Waals surface area contributed by atoms with Gasteiger partial charge in [0.1, 0.15) is 0 Å². The molecule has 27 heavy (non-hydrogen) atoms. The zero-order valence-electron chi connectivity index (χ0n) is 17.5. The molecule has 0 aromatic heterocycles. The van der Waals surface area contributed by atoms with Crippen LogP contribution < -0.4 is 5.73 Å². The first kappa shape index (κ1) is 21.1. The number of hydrogen-bond acceptors (Lipinski definition) is 4. The van der Waals surface area contributed by atoms with E-state index >= 15 is 0 Å². The highest BCUT2D eigenvalue weighted by atomic mass is 16.5. The number of piperidine rings is 1. The number of carbonyl (C=O) groups is 1. The van der Waals surface area contributed by atoms with Crippen LogP contribution in [0.15, 0.2) is 0 Å². The van der Waals surface area contributed by atoms with Crippen molar-refractivity contribution in [2.45, 2.75) is 64.7 Å². The van der Waals surface area contributed by atoms with Gasteiger partial charge in [-0.25, -0.2) is 0 Å². The van der Waals surface area contributed by atoms with Crippen molar-refractivity contribution in [3.05, 3.63) is 0 Å². The zero-order valence-corrected chi connectivity index (χ0v) is 17.5. The van der Waals surface area contributed by atoms with Gasteiger partial charge in [0.2, 0.25) is 5.91 Å². The molecule has 3 aliphatic rings. The van der Waals surface area contributed by atoms with Gasteiger partial charge in [-0.3, -0.25) is 4.79 Å². The summed E-state index contributed by atoms with van der Waals surface area (Å²) >= 11 is 0. The van der Waals surface area contributed by atoms with Crippen molar-refractivity contribution in [3.63, 3.8) is 0 Å². The summed E-state index contributed by atoms with van der Waals surface area (Å²) in [5.74, 6) is 1.39. The Morgan fingerprint density at radius 2 is 1.81 bits per heavy atom. The molecule has 0 unspecified atom stereocenters. The molecule has 0 aromatic carbocycles. The van der Waals surface area contributed by atoms with E-state index in [0.29, 0.717) is 17.2 Å². The van der Waals surface area contributed by atoms with Gasteiger partial charge >= 0.3 is 0 Å². The van der Waals surface area contributed by atoms with Crippen LogP contribution in [0.3, 0.4) is 0 Å². The van der Waals surface area contributed by atoms with Crippen LogP contribution in [-0.2, 0) is 9.53 Å². The van der Waals surface area contributed by atoms with E-state index in [0.717, 1.165) is 77.9 Å². The number of unbranched alkanes of at least 4 members (excludes halogenated alkanes) is 1. The van der Waals surface area contributed by atoms with Crippen molar-refractivity contribution in [1.29, 1.82) is 0 Å². The summed E-state index contributed by atoms with van der Waals surface area (Å²) in [6.45, 7) is 10.3. The van der Waals surface area contributed by atoms with Gasteiger partial charge in [0.25, 0.3) is 0 Å². The predicted octanol–water partition coefficient (Wildman–Crippen LogP) is 2.88. The maximum Gasteiger partial charge on any atom is 0.225 e. The molecule has 5 nitrogen and oxygen atoms in total. The largest absolute Gasteiger partial charge is 0.381 e. The molecule has 3 fully saturated rings. The van der Waals surface area contributed by atoms with Crippen molar-refractivity contribution in [2.75, 3.05) is 52.5 Å². The van der Waals surface area contributed by atoms with E-state index in [1.807, 2.05) is 0 Å². The quantitative estimate of drug-likeness (QED) is 0.626. The third-order valence-corrected chi connectivity index (χ3v) is 7.15. The number of hydrogen-bond donors (Lipinski definition) is 1. The van der Waals surface area contributed by atoms with E-state index in [2.05, 4.69) is 16.7 Å². The van der Waals surface area contributed by atoms with E-state index < -0.39 is 0 Å². The Labute approximate surface area is 166 Å². The molecule has 156 valence electrons. The molecule has 1 aliphatic carbocycles. The molecule has 0 radical (unpaired) electrons. The van der Waals surface area contributed by atoms with E-state index in [-0.39, 0.29) is 5.92 Å². The maximum atomic E-state index is 12.9. The molecule has 2 N–H and O–H groups in total. The standard InChI is InChI=1S/C22H41N3O2/c1-2-3-15-27-16-19-5-7-20(8-6-19)21(26)25-17-22(18-25)9-13-24(14-10-22)12-4-11-23/h19-20H,2-18,23H2,1H3. The topological polar surface area (TPSA) is 58.8 Å². The highest BCUT2D eigenvalue weighted by Gasteiger charge is 2.47. The molecule has 1 saturated carbocycles. The average Bonchev–Trinajstić information content (AvgIpc) is 2.68. The molecule has 3 rings (SSSR count). The molecule has 1 amide bonds. The van der Waals surface area contributed by atoms with Crippen molar-refractivity contribution in [2.24, 2.45) is 23.0 Å². The number of nitrogens with zero attached hydrogens (tertiary/aromatic N) is 2. The van der Waals surface area contributed by atoms with Gasteiger partial charge in [0, 0.05) is 37.6 Å². The van der Waals surface area contributed by atoms with Crippen LogP contribution >= 0.6 is 0 Å². The molecule has 2 heterocycles. The first-order chi connectivity index (χ1) is 13.2. The second-order valence-corrected chi connectivity index (χ2v) is 9.32. The molecular formula is C22H41N3O2. The van der Waals surface area contributed by atoms with E-state index in [9.17, 15) is 4.79 Å². The van der Waals surface area contributed by atoms with Crippen LogP contribution in [0.2, 0.25) is 0 Å². The SMILES string of the molecule is CCCCOCC1CCC(C(=O)N2CC3(CCN(CCCN)CC3)C2)CC1. The second kappa shape index (κ2) is 10.2. The molecule has 1 spiro atoms. The van der Waals surface area contributed by atoms with Crippen LogP contribution in [0.5, 0.6) is 0 Å². The highest BCUT2D eigenvalue weighted by Crippen LogP contribution is 2.42. The summed E-state index contributed by atoms with van der Waals surface area (Å²) in [5.41, 5.74) is 6.06. The third-order valence-electron chi connectivity index (χ3n) is 7.15. The fourth-order valence-corrected chi connectivity index (χ4v) is 5.13. The summed E-state index contributed by atoms with van der Waals surface area (Å²) < 4.78 is 5.79. The Bertz CT molecular complexity index is 446. The molecule has 2 aliphatic heterocycles. The van der Waals surface area contributed by atoms with Crippen molar-refractivity contribution >= 4 is 5.91 Å². The minimum atomic E-state index is 0.277. The summed E-state index contributed by atoms with van der Waals surface area (Å²) in [6.07, 6.45) is 10.4. The molecule has 0 atom stereocenters. The predicted molar refractivity (Wildman–Crippen MR) is 110 cm³/mol. The Kier molecular flexibility index (Phi) is 7.97. The number of amides is 1. The minimum Gasteiger partial charge on any atom is -0.381 e. The number of ether oxygens (including phenoxy) is 1. The lowest BCUT2D eigenvalue weighted by Gasteiger charge is -2.55. The van der Waals surface area contributed by atoms with Crippen molar-refractivity contribution < 1.29 is 9.53 Å². The van der Waals surface area contributed by atoms with Gasteiger partial charge < -0.3 is 20.3 Å². The van der Waals surface area contributed by atoms with Crippen LogP contribution in [0.1, 0.15) is 64.7 Å². The fourth-order valence-electron chi connectivity index (χ4n) is 5.13. The first-order valence-electron chi connectivity index (χ1n) is 11.4. The van der Waals surface area contributed by atoms with Gasteiger partial charge in [-0.2, -0.15) is 0 Å². The van der Waals surface area contributed by atoms with Crippen molar-refractivity contribution in [3.8, 4) is 0 Å². The fraction of sp³-hybridized carbons (Fsp3) is 0.955. The zero-order chi connectivity index (χ0) is 19.1. The Hall–Kier alpha value is -0.650. The minimum absolute atomic E-state index is 0.277. The van der Waals surface area contributed by atoms with Gasteiger partial charge in [-0.1, -0.05) is 13.3 Å². The highest BCUT2D eigenvalue weighted by molar-refractivity contribution is 5.80. The Morgan fingerprint density at radius 1 is 1.11 bits per heavy atom. The molecule has 0 aromatic rings. The molecule has 2 saturated heterocycles. The normalized spacial score (nSPS) is 28.3. The number of carbonyl (C=O) groups excluding carboxylic acids is 1. The average molecular weight is 380 g/mol. The van der Waals surface area contributed by atoms with E-state index in [4.69, 9.17) is 10.5 Å². The Balaban J connectivity index is 1.32. The third kappa shape index (κ3) is 5.68. The molecule has 5 heteroatoms. The van der Waals surface area contributed by atoms with E-state index in [1.54, 1.807) is 0 Å². The van der Waals surface area contributed by atoms with Gasteiger partial charge in [-0.15, -0.1) is 0 Å². The van der Waals surface area contributed by atoms with Crippen LogP contribution in [0.4, 0.5) is 0 Å². The summed E-state index contributed by atoms with van der Waals surface area (Å²) in [4.78, 5) is 17.6. The number of likely N-dealkylation sites (tertiary alicyclic amines) is 2. The van der Waals surface area contributed by atoms with Crippen molar-refractivity contribution in [1.82, 2.24) is 9.80 Å². The maximum absolute atomic E-state index is 12.9. The smallest absolute Gasteiger partial charge is 0.225 e. The summed E-state index contributed by atoms with van der Waals surface area (Å²) in [5, 5.41) is 0. The number of rotatable bonds is 9. The summed E-state index contributed by atoms with van der Waals surface area (Å²) in [7, 11) is 0. The Morgan fingerprint density at radius 3 is 2.44 bits per heavy atom. The summed E-state index contributed by atoms with van der Waals surface area (Å²) in [6, 6.07) is 0. The molecular weight excluding hydrogens is 338 g/mol. The lowest BCUT2D eigenvalue weighted by atomic mass is 9.71. The van der Waals surface area contributed by atoms with Gasteiger partial charge in [0.05, 0.1) is 0 Å². The lowest BCUT2D eigenvalue weighted by Crippen LogP contribution is -2.63. The lowest BCUT2D eigenvalue weighted by molar-refractivity contribution is -0.152. The second-order valence-electron chi connectivity index (χ2n) is 9.32. The monoisotopic (exact) mass is 379 g/mol. The van der Waals surface area contributed by atoms with Crippen LogP contribution in [-0.4, -0.2) is 68.2 Å². The van der Waals surface area contributed by atoms with Crippen LogP contribution in [0, 0.1) is 17.3 Å². The van der Waals surface area contributed by atoms with E-state index in [1.165, 1.54) is 32.4 Å². The van der Waals surface area contributed by atoms with Gasteiger partial charge in [0.15, 0.2) is 0 Å². The van der Waals surface area contributed by atoms with Crippen LogP contribution in [0.25, 0.3) is 0 Å².